The zero-order valence-electron chi connectivity index (χ0n) is 9.04. The second kappa shape index (κ2) is 4.77. The molecule has 1 unspecified atom stereocenters. The van der Waals surface area contributed by atoms with Crippen molar-refractivity contribution in [1.29, 1.82) is 0 Å². The van der Waals surface area contributed by atoms with Crippen molar-refractivity contribution in [2.24, 2.45) is 0 Å². The summed E-state index contributed by atoms with van der Waals surface area (Å²) in [5.74, 6) is -0.213. The van der Waals surface area contributed by atoms with Crippen molar-refractivity contribution in [2.75, 3.05) is 11.4 Å². The van der Waals surface area contributed by atoms with Crippen LogP contribution in [0.2, 0.25) is 0 Å². The van der Waals surface area contributed by atoms with Crippen LogP contribution in [0, 0.1) is 0 Å². The fraction of sp³-hybridized carbons (Fsp3) is 0.364. The van der Waals surface area contributed by atoms with Gasteiger partial charge in [0.15, 0.2) is 0 Å². The van der Waals surface area contributed by atoms with Gasteiger partial charge in [-0.1, -0.05) is 6.07 Å². The minimum Gasteiger partial charge on any atom is -0.310 e. The number of benzene rings is 1. The van der Waals surface area contributed by atoms with Crippen LogP contribution in [0.5, 0.6) is 0 Å². The third-order valence-corrected chi connectivity index (χ3v) is 3.86. The van der Waals surface area contributed by atoms with Gasteiger partial charge in [0.2, 0.25) is 5.91 Å². The Morgan fingerprint density at radius 1 is 1.39 bits per heavy atom. The van der Waals surface area contributed by atoms with E-state index in [0.717, 1.165) is 6.07 Å². The van der Waals surface area contributed by atoms with Crippen LogP contribution >= 0.6 is 28.6 Å². The Hall–Kier alpha value is -0.690. The average molecular weight is 340 g/mol. The van der Waals surface area contributed by atoms with Crippen LogP contribution in [-0.2, 0) is 11.0 Å². The van der Waals surface area contributed by atoms with Crippen LogP contribution in [0.15, 0.2) is 22.7 Å². The number of nitrogens with zero attached hydrogens (tertiary/aromatic N) is 1. The molecule has 1 aromatic carbocycles. The quantitative estimate of drug-likeness (QED) is 0.776. The van der Waals surface area contributed by atoms with E-state index in [-0.39, 0.29) is 27.7 Å². The van der Waals surface area contributed by atoms with E-state index < -0.39 is 11.7 Å². The molecule has 0 bridgehead atoms. The van der Waals surface area contributed by atoms with E-state index in [4.69, 9.17) is 0 Å². The van der Waals surface area contributed by atoms with E-state index in [1.165, 1.54) is 17.0 Å². The summed E-state index contributed by atoms with van der Waals surface area (Å²) in [4.78, 5) is 13.0. The van der Waals surface area contributed by atoms with E-state index in [2.05, 4.69) is 28.6 Å². The van der Waals surface area contributed by atoms with Gasteiger partial charge in [0, 0.05) is 18.2 Å². The summed E-state index contributed by atoms with van der Waals surface area (Å²) in [6, 6.07) is 3.76. The van der Waals surface area contributed by atoms with Crippen LogP contribution < -0.4 is 4.90 Å². The largest absolute Gasteiger partial charge is 0.417 e. The lowest BCUT2D eigenvalue weighted by atomic mass is 10.2. The molecule has 18 heavy (non-hydrogen) atoms. The topological polar surface area (TPSA) is 20.3 Å². The lowest BCUT2D eigenvalue weighted by Crippen LogP contribution is -2.25. The summed E-state index contributed by atoms with van der Waals surface area (Å²) in [5.41, 5.74) is -0.540. The Balaban J connectivity index is 2.44. The minimum atomic E-state index is -4.45. The lowest BCUT2D eigenvalue weighted by molar-refractivity contribution is -0.138. The Morgan fingerprint density at radius 3 is 2.56 bits per heavy atom. The maximum Gasteiger partial charge on any atom is 0.417 e. The van der Waals surface area contributed by atoms with Crippen molar-refractivity contribution in [1.82, 2.24) is 0 Å². The second-order valence-corrected chi connectivity index (χ2v) is 5.52. The van der Waals surface area contributed by atoms with Gasteiger partial charge in [-0.05, 0) is 28.1 Å². The number of amides is 1. The molecule has 0 spiro atoms. The number of carbonyl (C=O) groups is 1. The van der Waals surface area contributed by atoms with Crippen molar-refractivity contribution in [3.05, 3.63) is 28.2 Å². The molecule has 7 heteroatoms. The molecule has 2 nitrogen and oxygen atoms in total. The van der Waals surface area contributed by atoms with Gasteiger partial charge in [0.05, 0.1) is 15.7 Å². The van der Waals surface area contributed by atoms with Crippen LogP contribution in [0.25, 0.3) is 0 Å². The minimum absolute atomic E-state index is 0.103. The monoisotopic (exact) mass is 339 g/mol. The molecule has 2 rings (SSSR count). The summed E-state index contributed by atoms with van der Waals surface area (Å²) in [6.07, 6.45) is -4.20. The van der Waals surface area contributed by atoms with Crippen LogP contribution in [0.1, 0.15) is 12.0 Å². The van der Waals surface area contributed by atoms with Gasteiger partial charge in [-0.2, -0.15) is 25.8 Å². The van der Waals surface area contributed by atoms with Crippen molar-refractivity contribution >= 4 is 40.2 Å². The summed E-state index contributed by atoms with van der Waals surface area (Å²) in [6.45, 7) is 0.321. The van der Waals surface area contributed by atoms with Crippen molar-refractivity contribution in [3.63, 3.8) is 0 Å². The molecular weight excluding hydrogens is 331 g/mol. The molecule has 1 atom stereocenters. The maximum atomic E-state index is 12.7. The smallest absolute Gasteiger partial charge is 0.310 e. The number of carbonyl (C=O) groups excluding carboxylic acids is 1. The van der Waals surface area contributed by atoms with Crippen molar-refractivity contribution in [3.8, 4) is 0 Å². The molecule has 1 heterocycles. The molecule has 0 aliphatic carbocycles. The number of hydrogen-bond acceptors (Lipinski definition) is 2. The van der Waals surface area contributed by atoms with Gasteiger partial charge in [0.25, 0.3) is 0 Å². The Bertz CT molecular complexity index is 492. The summed E-state index contributed by atoms with van der Waals surface area (Å²) < 4.78 is 38.1. The first kappa shape index (κ1) is 13.7. The number of thiol groups is 1. The lowest BCUT2D eigenvalue weighted by Gasteiger charge is -2.20. The molecule has 98 valence electrons. The molecule has 1 aliphatic rings. The first-order chi connectivity index (χ1) is 8.30. The van der Waals surface area contributed by atoms with Gasteiger partial charge in [-0.3, -0.25) is 4.79 Å². The highest BCUT2D eigenvalue weighted by molar-refractivity contribution is 9.10. The Kier molecular flexibility index (Phi) is 3.64. The molecule has 1 aromatic rings. The van der Waals surface area contributed by atoms with Crippen LogP contribution in [-0.4, -0.2) is 17.7 Å². The summed E-state index contributed by atoms with van der Waals surface area (Å²) in [5, 5.41) is -0.140. The Morgan fingerprint density at radius 2 is 2.06 bits per heavy atom. The number of alkyl halides is 3. The van der Waals surface area contributed by atoms with Gasteiger partial charge in [-0.25, -0.2) is 0 Å². The van der Waals surface area contributed by atoms with Crippen LogP contribution in [0.4, 0.5) is 18.9 Å². The number of rotatable bonds is 1. The van der Waals surface area contributed by atoms with Crippen molar-refractivity contribution in [2.45, 2.75) is 17.8 Å². The second-order valence-electron chi connectivity index (χ2n) is 4.00. The fourth-order valence-electron chi connectivity index (χ4n) is 1.87. The SMILES string of the molecule is O=C1CC(S)CN1c1cccc(C(F)(F)F)c1Br. The molecule has 0 radical (unpaired) electrons. The highest BCUT2D eigenvalue weighted by Crippen LogP contribution is 2.40. The maximum absolute atomic E-state index is 12.7. The molecule has 0 N–H and O–H groups in total. The molecule has 1 fully saturated rings. The van der Waals surface area contributed by atoms with E-state index in [0.29, 0.717) is 6.54 Å². The number of halogens is 4. The standard InChI is InChI=1S/C11H9BrF3NOS/c12-10-7(11(13,14)15)2-1-3-8(10)16-5-6(18)4-9(16)17/h1-3,6,18H,4-5H2. The first-order valence-electron chi connectivity index (χ1n) is 5.15. The molecular formula is C11H9BrF3NOS. The zero-order chi connectivity index (χ0) is 13.5. The van der Waals surface area contributed by atoms with E-state index >= 15 is 0 Å². The van der Waals surface area contributed by atoms with Gasteiger partial charge in [0.1, 0.15) is 0 Å². The fourth-order valence-corrected chi connectivity index (χ4v) is 2.89. The third-order valence-electron chi connectivity index (χ3n) is 2.68. The highest BCUT2D eigenvalue weighted by Gasteiger charge is 2.36. The molecule has 1 saturated heterocycles. The third kappa shape index (κ3) is 2.51. The summed E-state index contributed by atoms with van der Waals surface area (Å²) >= 11 is 7.11. The van der Waals surface area contributed by atoms with E-state index in [1.54, 1.807) is 0 Å². The molecule has 0 aromatic heterocycles. The normalized spacial score (nSPS) is 20.6. The average Bonchev–Trinajstić information content (AvgIpc) is 2.56. The van der Waals surface area contributed by atoms with Crippen molar-refractivity contribution < 1.29 is 18.0 Å². The molecule has 1 amide bonds. The molecule has 0 saturated carbocycles. The Labute approximate surface area is 116 Å². The van der Waals surface area contributed by atoms with E-state index in [1.807, 2.05) is 0 Å². The highest BCUT2D eigenvalue weighted by atomic mass is 79.9. The zero-order valence-corrected chi connectivity index (χ0v) is 11.5. The number of anilines is 1. The predicted octanol–water partition coefficient (Wildman–Crippen LogP) is 3.50. The predicted molar refractivity (Wildman–Crippen MR) is 68.9 cm³/mol. The molecule has 1 aliphatic heterocycles. The van der Waals surface area contributed by atoms with Gasteiger partial charge >= 0.3 is 6.18 Å². The van der Waals surface area contributed by atoms with Gasteiger partial charge < -0.3 is 4.90 Å². The first-order valence-corrected chi connectivity index (χ1v) is 6.46. The number of hydrogen-bond donors (Lipinski definition) is 1. The van der Waals surface area contributed by atoms with Gasteiger partial charge in [-0.15, -0.1) is 0 Å². The van der Waals surface area contributed by atoms with E-state index in [9.17, 15) is 18.0 Å². The van der Waals surface area contributed by atoms with Crippen LogP contribution in [0.3, 0.4) is 0 Å². The summed E-state index contributed by atoms with van der Waals surface area (Å²) in [7, 11) is 0.